The Labute approximate surface area is 185 Å². The molecule has 0 aliphatic carbocycles. The molecule has 160 valence electrons. The van der Waals surface area contributed by atoms with Crippen molar-refractivity contribution >= 4 is 35.0 Å². The van der Waals surface area contributed by atoms with E-state index < -0.39 is 17.5 Å². The molecule has 30 heavy (non-hydrogen) atoms. The Morgan fingerprint density at radius 2 is 1.97 bits per heavy atom. The average Bonchev–Trinajstić information content (AvgIpc) is 3.04. The van der Waals surface area contributed by atoms with Crippen LogP contribution in [0.2, 0.25) is 5.02 Å². The van der Waals surface area contributed by atoms with Crippen molar-refractivity contribution in [1.82, 2.24) is 4.90 Å². The number of anilines is 1. The zero-order chi connectivity index (χ0) is 21.5. The van der Waals surface area contributed by atoms with Gasteiger partial charge in [-0.3, -0.25) is 4.79 Å². The molecule has 0 saturated carbocycles. The summed E-state index contributed by atoms with van der Waals surface area (Å²) in [5, 5.41) is 1.19. The summed E-state index contributed by atoms with van der Waals surface area (Å²) in [6.07, 6.45) is 3.92. The summed E-state index contributed by atoms with van der Waals surface area (Å²) >= 11 is 8.17. The number of hydrogen-bond donors (Lipinski definition) is 0. The van der Waals surface area contributed by atoms with Gasteiger partial charge in [-0.2, -0.15) is 11.8 Å². The number of carbonyl (C=O) groups excluding carboxylic acids is 1. The normalized spacial score (nSPS) is 19.2. The number of halogens is 3. The van der Waals surface area contributed by atoms with Crippen LogP contribution in [0, 0.1) is 11.6 Å². The van der Waals surface area contributed by atoms with Gasteiger partial charge in [0.2, 0.25) is 0 Å². The maximum absolute atomic E-state index is 14.3. The molecule has 1 spiro atoms. The Morgan fingerprint density at radius 1 is 1.23 bits per heavy atom. The SMILES string of the molecule is CSC(C)CN1CCC2(CC1)CN(C(=O)c1cccc(F)c1F)c1ccc(Cl)cc12. The lowest BCUT2D eigenvalue weighted by Gasteiger charge is -2.40. The fraction of sp³-hybridized carbons (Fsp3) is 0.435. The van der Waals surface area contributed by atoms with E-state index in [4.69, 9.17) is 11.6 Å². The van der Waals surface area contributed by atoms with E-state index in [2.05, 4.69) is 18.1 Å². The Bertz CT molecular complexity index is 962. The molecule has 1 unspecified atom stereocenters. The number of nitrogens with zero attached hydrogens (tertiary/aromatic N) is 2. The van der Waals surface area contributed by atoms with E-state index in [-0.39, 0.29) is 11.0 Å². The van der Waals surface area contributed by atoms with Crippen molar-refractivity contribution in [3.63, 3.8) is 0 Å². The first-order valence-corrected chi connectivity index (χ1v) is 11.8. The van der Waals surface area contributed by atoms with E-state index in [1.54, 1.807) is 11.0 Å². The highest BCUT2D eigenvalue weighted by atomic mass is 35.5. The van der Waals surface area contributed by atoms with Crippen LogP contribution in [-0.4, -0.2) is 48.5 Å². The van der Waals surface area contributed by atoms with Gasteiger partial charge in [-0.05, 0) is 68.1 Å². The number of rotatable bonds is 4. The van der Waals surface area contributed by atoms with Gasteiger partial charge in [-0.25, -0.2) is 8.78 Å². The number of hydrogen-bond acceptors (Lipinski definition) is 3. The largest absolute Gasteiger partial charge is 0.307 e. The monoisotopic (exact) mass is 450 g/mol. The van der Waals surface area contributed by atoms with Crippen LogP contribution in [0.25, 0.3) is 0 Å². The smallest absolute Gasteiger partial charge is 0.261 e. The van der Waals surface area contributed by atoms with E-state index >= 15 is 0 Å². The molecule has 0 N–H and O–H groups in total. The van der Waals surface area contributed by atoms with Crippen LogP contribution in [-0.2, 0) is 5.41 Å². The molecule has 4 rings (SSSR count). The number of likely N-dealkylation sites (tertiary alicyclic amines) is 1. The predicted molar refractivity (Wildman–Crippen MR) is 120 cm³/mol. The lowest BCUT2D eigenvalue weighted by molar-refractivity contribution is 0.0972. The zero-order valence-corrected chi connectivity index (χ0v) is 18.7. The maximum atomic E-state index is 14.3. The van der Waals surface area contributed by atoms with E-state index in [1.807, 2.05) is 23.9 Å². The van der Waals surface area contributed by atoms with Gasteiger partial charge >= 0.3 is 0 Å². The molecule has 2 aromatic rings. The standard InChI is InChI=1S/C23H25ClF2N2OS/c1-15(30-2)13-27-10-8-23(9-11-27)14-28(20-7-6-16(24)12-18(20)23)22(29)17-4-3-5-19(25)21(17)26/h3-7,12,15H,8-11,13-14H2,1-2H3. The van der Waals surface area contributed by atoms with Gasteiger partial charge in [0.05, 0.1) is 5.56 Å². The third kappa shape index (κ3) is 3.85. The summed E-state index contributed by atoms with van der Waals surface area (Å²) in [5.41, 5.74) is 1.34. The molecule has 7 heteroatoms. The molecule has 1 fully saturated rings. The van der Waals surface area contributed by atoms with Gasteiger partial charge in [-0.1, -0.05) is 24.6 Å². The molecule has 0 radical (unpaired) electrons. The highest BCUT2D eigenvalue weighted by molar-refractivity contribution is 7.99. The highest BCUT2D eigenvalue weighted by Crippen LogP contribution is 2.48. The minimum atomic E-state index is -1.10. The van der Waals surface area contributed by atoms with Crippen LogP contribution >= 0.6 is 23.4 Å². The Kier molecular flexibility index (Phi) is 6.11. The second-order valence-electron chi connectivity index (χ2n) is 8.28. The molecule has 2 aliphatic rings. The van der Waals surface area contributed by atoms with Crippen LogP contribution in [0.15, 0.2) is 36.4 Å². The number of piperidine rings is 1. The first-order chi connectivity index (χ1) is 14.3. The van der Waals surface area contributed by atoms with Crippen molar-refractivity contribution in [2.24, 2.45) is 0 Å². The molecule has 2 aliphatic heterocycles. The summed E-state index contributed by atoms with van der Waals surface area (Å²) < 4.78 is 28.1. The number of benzene rings is 2. The number of carbonyl (C=O) groups is 1. The van der Waals surface area contributed by atoms with Crippen molar-refractivity contribution < 1.29 is 13.6 Å². The van der Waals surface area contributed by atoms with Gasteiger partial charge in [0.15, 0.2) is 11.6 Å². The summed E-state index contributed by atoms with van der Waals surface area (Å²) in [6.45, 7) is 5.61. The van der Waals surface area contributed by atoms with Gasteiger partial charge in [0.1, 0.15) is 0 Å². The first-order valence-electron chi connectivity index (χ1n) is 10.2. The molecule has 1 atom stereocenters. The fourth-order valence-corrected chi connectivity index (χ4v) is 5.20. The molecular weight excluding hydrogens is 426 g/mol. The van der Waals surface area contributed by atoms with Crippen LogP contribution in [0.3, 0.4) is 0 Å². The molecule has 0 bridgehead atoms. The van der Waals surface area contributed by atoms with E-state index in [9.17, 15) is 13.6 Å². The summed E-state index contributed by atoms with van der Waals surface area (Å²) in [7, 11) is 0. The number of fused-ring (bicyclic) bond motifs is 2. The summed E-state index contributed by atoms with van der Waals surface area (Å²) in [5.74, 6) is -2.62. The van der Waals surface area contributed by atoms with Crippen molar-refractivity contribution in [2.45, 2.75) is 30.4 Å². The third-order valence-corrected chi connectivity index (χ3v) is 7.63. The number of amides is 1. The quantitative estimate of drug-likeness (QED) is 0.626. The second-order valence-corrected chi connectivity index (χ2v) is 9.99. The predicted octanol–water partition coefficient (Wildman–Crippen LogP) is 5.36. The molecule has 0 aromatic heterocycles. The average molecular weight is 451 g/mol. The molecule has 1 amide bonds. The second kappa shape index (κ2) is 8.48. The third-order valence-electron chi connectivity index (χ3n) is 6.44. The van der Waals surface area contributed by atoms with Gasteiger partial charge in [-0.15, -0.1) is 0 Å². The Balaban J connectivity index is 1.64. The number of thioether (sulfide) groups is 1. The van der Waals surface area contributed by atoms with E-state index in [0.717, 1.165) is 49.8 Å². The topological polar surface area (TPSA) is 23.6 Å². The molecule has 2 aromatic carbocycles. The summed E-state index contributed by atoms with van der Waals surface area (Å²) in [6, 6.07) is 9.24. The van der Waals surface area contributed by atoms with Crippen LogP contribution in [0.4, 0.5) is 14.5 Å². The van der Waals surface area contributed by atoms with Crippen LogP contribution < -0.4 is 4.90 Å². The van der Waals surface area contributed by atoms with Crippen LogP contribution in [0.1, 0.15) is 35.7 Å². The van der Waals surface area contributed by atoms with Crippen LogP contribution in [0.5, 0.6) is 0 Å². The zero-order valence-electron chi connectivity index (χ0n) is 17.1. The fourth-order valence-electron chi connectivity index (χ4n) is 4.67. The van der Waals surface area contributed by atoms with Gasteiger partial charge in [0, 0.05) is 34.5 Å². The highest BCUT2D eigenvalue weighted by Gasteiger charge is 2.47. The van der Waals surface area contributed by atoms with Crippen molar-refractivity contribution in [1.29, 1.82) is 0 Å². The maximum Gasteiger partial charge on any atom is 0.261 e. The molecule has 2 heterocycles. The lowest BCUT2D eigenvalue weighted by Crippen LogP contribution is -2.47. The van der Waals surface area contributed by atoms with Gasteiger partial charge < -0.3 is 9.80 Å². The molecule has 1 saturated heterocycles. The van der Waals surface area contributed by atoms with Crippen molar-refractivity contribution in [3.05, 3.63) is 64.2 Å². The van der Waals surface area contributed by atoms with E-state index in [0.29, 0.717) is 16.8 Å². The van der Waals surface area contributed by atoms with E-state index in [1.165, 1.54) is 12.1 Å². The Morgan fingerprint density at radius 3 is 2.67 bits per heavy atom. The minimum absolute atomic E-state index is 0.210. The molecule has 3 nitrogen and oxygen atoms in total. The van der Waals surface area contributed by atoms with Crippen molar-refractivity contribution in [2.75, 3.05) is 37.3 Å². The Hall–Kier alpha value is -1.63. The van der Waals surface area contributed by atoms with Crippen molar-refractivity contribution in [3.8, 4) is 0 Å². The molecular formula is C23H25ClF2N2OS. The first kappa shape index (κ1) is 21.6. The summed E-state index contributed by atoms with van der Waals surface area (Å²) in [4.78, 5) is 17.3. The minimum Gasteiger partial charge on any atom is -0.307 e. The lowest BCUT2D eigenvalue weighted by atomic mass is 9.74. The van der Waals surface area contributed by atoms with Gasteiger partial charge in [0.25, 0.3) is 5.91 Å².